The molecule has 12 heteroatoms. The lowest BCUT2D eigenvalue weighted by Gasteiger charge is -2.51. The molecule has 2 aromatic heterocycles. The Morgan fingerprint density at radius 3 is 2.75 bits per heavy atom. The van der Waals surface area contributed by atoms with Gasteiger partial charge in [0.1, 0.15) is 12.3 Å². The second-order valence-corrected chi connectivity index (χ2v) is 12.2. The molecule has 3 aromatic rings. The number of anilines is 1. The average Bonchev–Trinajstić information content (AvgIpc) is 3.58. The number of nitrogens with two attached hydrogens (primary N) is 1. The summed E-state index contributed by atoms with van der Waals surface area (Å²) in [5.41, 5.74) is 7.40. The van der Waals surface area contributed by atoms with Gasteiger partial charge in [-0.25, -0.2) is 4.98 Å². The molecule has 3 aliphatic carbocycles. The SMILES string of the molecule is C[C@]12CCC3c4cc(O)c(O)cc4C(OC[C@H]4O[C@@H](n5cnc6c(=O)[nH]c(N)nc65)C[C@@H]4O)CC3C1CC[C@@H]2O. The van der Waals surface area contributed by atoms with Crippen molar-refractivity contribution in [2.24, 2.45) is 17.3 Å². The van der Waals surface area contributed by atoms with Crippen LogP contribution < -0.4 is 11.3 Å². The van der Waals surface area contributed by atoms with Crippen molar-refractivity contribution in [2.45, 2.75) is 82.0 Å². The Morgan fingerprint density at radius 1 is 1.18 bits per heavy atom. The molecule has 9 atom stereocenters. The first-order valence-corrected chi connectivity index (χ1v) is 14.1. The van der Waals surface area contributed by atoms with Crippen LogP contribution in [0, 0.1) is 17.3 Å². The topological polar surface area (TPSA) is 189 Å². The number of aliphatic hydroxyl groups excluding tert-OH is 2. The van der Waals surface area contributed by atoms with Gasteiger partial charge in [0.05, 0.1) is 31.2 Å². The molecule has 7 N–H and O–H groups in total. The number of nitrogens with zero attached hydrogens (tertiary/aromatic N) is 3. The van der Waals surface area contributed by atoms with Crippen LogP contribution in [-0.2, 0) is 9.47 Å². The van der Waals surface area contributed by atoms with E-state index in [9.17, 15) is 25.2 Å². The number of nitrogen functional groups attached to an aromatic ring is 1. The number of aromatic nitrogens is 4. The Labute approximate surface area is 229 Å². The van der Waals surface area contributed by atoms with E-state index in [4.69, 9.17) is 15.2 Å². The van der Waals surface area contributed by atoms with Crippen LogP contribution in [0.1, 0.15) is 74.8 Å². The van der Waals surface area contributed by atoms with Crippen molar-refractivity contribution < 1.29 is 29.9 Å². The third-order valence-corrected chi connectivity index (χ3v) is 10.2. The van der Waals surface area contributed by atoms with Crippen molar-refractivity contribution >= 4 is 17.1 Å². The van der Waals surface area contributed by atoms with Crippen LogP contribution in [0.15, 0.2) is 23.3 Å². The number of hydrogen-bond acceptors (Lipinski definition) is 10. The van der Waals surface area contributed by atoms with Gasteiger partial charge in [-0.2, -0.15) is 4.98 Å². The number of ether oxygens (including phenoxy) is 2. The average molecular weight is 554 g/mol. The van der Waals surface area contributed by atoms with Crippen molar-refractivity contribution in [1.82, 2.24) is 19.5 Å². The molecule has 2 saturated carbocycles. The molecule has 1 aromatic carbocycles. The maximum absolute atomic E-state index is 12.2. The highest BCUT2D eigenvalue weighted by Gasteiger charge is 2.55. The van der Waals surface area contributed by atoms with Gasteiger partial charge in [-0.05, 0) is 78.5 Å². The molecule has 4 aliphatic rings. The van der Waals surface area contributed by atoms with Crippen LogP contribution in [-0.4, -0.2) is 64.9 Å². The van der Waals surface area contributed by atoms with E-state index < -0.39 is 24.0 Å². The molecule has 0 radical (unpaired) electrons. The summed E-state index contributed by atoms with van der Waals surface area (Å²) < 4.78 is 14.2. The predicted molar refractivity (Wildman–Crippen MR) is 142 cm³/mol. The molecule has 40 heavy (non-hydrogen) atoms. The van der Waals surface area contributed by atoms with E-state index in [0.717, 1.165) is 43.2 Å². The fourth-order valence-electron chi connectivity index (χ4n) is 8.12. The highest BCUT2D eigenvalue weighted by Crippen LogP contribution is 2.63. The van der Waals surface area contributed by atoms with Crippen molar-refractivity contribution in [3.8, 4) is 11.5 Å². The van der Waals surface area contributed by atoms with Crippen molar-refractivity contribution in [1.29, 1.82) is 0 Å². The molecule has 3 heterocycles. The maximum atomic E-state index is 12.2. The highest BCUT2D eigenvalue weighted by molar-refractivity contribution is 5.70. The number of imidazole rings is 1. The van der Waals surface area contributed by atoms with E-state index in [2.05, 4.69) is 21.9 Å². The monoisotopic (exact) mass is 553 g/mol. The van der Waals surface area contributed by atoms with Crippen LogP contribution in [0.2, 0.25) is 0 Å². The Kier molecular flexibility index (Phi) is 5.90. The molecular formula is C28H35N5O7. The normalized spacial score (nSPS) is 36.9. The van der Waals surface area contributed by atoms with Gasteiger partial charge in [-0.1, -0.05) is 6.92 Å². The van der Waals surface area contributed by atoms with Crippen molar-refractivity contribution in [2.75, 3.05) is 12.3 Å². The van der Waals surface area contributed by atoms with E-state index in [1.54, 1.807) is 16.7 Å². The lowest BCUT2D eigenvalue weighted by Crippen LogP contribution is -2.45. The second-order valence-electron chi connectivity index (χ2n) is 12.2. The standard InChI is InChI=1S/C28H35N5O7/c1-28-5-4-12-13-6-17(34)18(35)7-15(13)20(8-14(12)16(28)2-3-22(28)37)39-10-21-19(36)9-23(40-21)33-11-30-24-25(33)31-27(29)32-26(24)38/h6-7,11-12,14,16,19-23,34-37H,2-5,8-10H2,1H3,(H3,29,31,32,38)/t12?,14?,16?,19-,20?,21+,22-,23+,28-/m0/s1. The van der Waals surface area contributed by atoms with E-state index in [1.165, 1.54) is 6.33 Å². The van der Waals surface area contributed by atoms with E-state index in [0.29, 0.717) is 5.92 Å². The second kappa shape index (κ2) is 9.16. The first-order chi connectivity index (χ1) is 19.1. The van der Waals surface area contributed by atoms with Crippen LogP contribution in [0.4, 0.5) is 5.95 Å². The first-order valence-electron chi connectivity index (χ1n) is 14.1. The predicted octanol–water partition coefficient (Wildman–Crippen LogP) is 2.19. The summed E-state index contributed by atoms with van der Waals surface area (Å²) >= 11 is 0. The molecule has 1 saturated heterocycles. The number of fused-ring (bicyclic) bond motifs is 6. The Hall–Kier alpha value is -3.19. The van der Waals surface area contributed by atoms with Crippen LogP contribution in [0.25, 0.3) is 11.2 Å². The smallest absolute Gasteiger partial charge is 0.280 e. The number of aliphatic hydroxyl groups is 2. The third-order valence-electron chi connectivity index (χ3n) is 10.2. The summed E-state index contributed by atoms with van der Waals surface area (Å²) in [6.07, 6.45) is 3.26. The third kappa shape index (κ3) is 3.84. The molecule has 7 rings (SSSR count). The largest absolute Gasteiger partial charge is 0.504 e. The number of hydrogen-bond donors (Lipinski definition) is 6. The molecule has 0 spiro atoms. The number of aromatic hydroxyl groups is 2. The summed E-state index contributed by atoms with van der Waals surface area (Å²) in [5, 5.41) is 42.4. The maximum Gasteiger partial charge on any atom is 0.280 e. The fourth-order valence-corrected chi connectivity index (χ4v) is 8.12. The summed E-state index contributed by atoms with van der Waals surface area (Å²) in [7, 11) is 0. The van der Waals surface area contributed by atoms with Crippen molar-refractivity contribution in [3.63, 3.8) is 0 Å². The molecule has 4 unspecified atom stereocenters. The minimum Gasteiger partial charge on any atom is -0.504 e. The highest BCUT2D eigenvalue weighted by atomic mass is 16.6. The zero-order valence-corrected chi connectivity index (χ0v) is 22.2. The van der Waals surface area contributed by atoms with Gasteiger partial charge in [0.15, 0.2) is 22.7 Å². The molecule has 3 fully saturated rings. The number of benzene rings is 1. The number of phenols is 2. The molecule has 0 bridgehead atoms. The number of rotatable bonds is 4. The number of nitrogens with one attached hydrogen (secondary N) is 1. The van der Waals surface area contributed by atoms with Gasteiger partial charge in [0.25, 0.3) is 5.56 Å². The quantitative estimate of drug-likeness (QED) is 0.261. The van der Waals surface area contributed by atoms with Gasteiger partial charge in [0, 0.05) is 6.42 Å². The zero-order valence-electron chi connectivity index (χ0n) is 22.2. The molecule has 1 aliphatic heterocycles. The van der Waals surface area contributed by atoms with Gasteiger partial charge in [0.2, 0.25) is 5.95 Å². The van der Waals surface area contributed by atoms with Gasteiger partial charge in [-0.15, -0.1) is 0 Å². The van der Waals surface area contributed by atoms with E-state index in [-0.39, 0.29) is 71.1 Å². The summed E-state index contributed by atoms with van der Waals surface area (Å²) in [6.45, 7) is 2.30. The molecule has 0 amide bonds. The van der Waals surface area contributed by atoms with E-state index >= 15 is 0 Å². The summed E-state index contributed by atoms with van der Waals surface area (Å²) in [5.74, 6) is 0.470. The number of aromatic amines is 1. The molecular weight excluding hydrogens is 518 g/mol. The number of phenolic OH excluding ortho intramolecular Hbond substituents is 2. The minimum atomic E-state index is -0.825. The van der Waals surface area contributed by atoms with E-state index in [1.807, 2.05) is 0 Å². The van der Waals surface area contributed by atoms with Gasteiger partial charge in [-0.3, -0.25) is 14.3 Å². The Balaban J connectivity index is 1.13. The first kappa shape index (κ1) is 25.8. The van der Waals surface area contributed by atoms with Gasteiger partial charge >= 0.3 is 0 Å². The van der Waals surface area contributed by atoms with Crippen molar-refractivity contribution in [3.05, 3.63) is 39.9 Å². The van der Waals surface area contributed by atoms with Crippen LogP contribution in [0.5, 0.6) is 11.5 Å². The lowest BCUT2D eigenvalue weighted by atomic mass is 9.55. The summed E-state index contributed by atoms with van der Waals surface area (Å²) in [4.78, 5) is 22.9. The fraction of sp³-hybridized carbons (Fsp3) is 0.607. The van der Waals surface area contributed by atoms with Gasteiger partial charge < -0.3 is 35.6 Å². The number of H-pyrrole nitrogens is 1. The lowest BCUT2D eigenvalue weighted by molar-refractivity contribution is -0.0963. The zero-order chi connectivity index (χ0) is 27.9. The Bertz CT molecular complexity index is 1520. The molecule has 12 nitrogen and oxygen atoms in total. The van der Waals surface area contributed by atoms with Crippen LogP contribution in [0.3, 0.4) is 0 Å². The summed E-state index contributed by atoms with van der Waals surface area (Å²) in [6, 6.07) is 3.27. The van der Waals surface area contributed by atoms with Crippen LogP contribution >= 0.6 is 0 Å². The Morgan fingerprint density at radius 2 is 1.95 bits per heavy atom. The minimum absolute atomic E-state index is 0.0326. The molecule has 214 valence electrons.